The van der Waals surface area contributed by atoms with Crippen LogP contribution < -0.4 is 9.47 Å². The maximum absolute atomic E-state index is 12.6. The van der Waals surface area contributed by atoms with Crippen molar-refractivity contribution in [3.05, 3.63) is 254 Å². The molecule has 3 fully saturated rings. The maximum atomic E-state index is 12.6. The third kappa shape index (κ3) is 18.6. The van der Waals surface area contributed by atoms with Gasteiger partial charge in [-0.05, 0) is 183 Å². The van der Waals surface area contributed by atoms with E-state index in [1.165, 1.54) is 0 Å². The summed E-state index contributed by atoms with van der Waals surface area (Å²) in [5.74, 6) is 1.32. The van der Waals surface area contributed by atoms with Crippen LogP contribution >= 0.6 is 77.0 Å². The first-order valence-corrected chi connectivity index (χ1v) is 39.1. The molecule has 3 amide bonds. The molecule has 566 valence electrons. The molecule has 0 atom stereocenters. The Labute approximate surface area is 686 Å². The fourth-order valence-corrected chi connectivity index (χ4v) is 14.3. The van der Waals surface area contributed by atoms with Gasteiger partial charge in [0, 0.05) is 166 Å². The molecule has 28 nitrogen and oxygen atoms in total. The Morgan fingerprint density at radius 2 is 0.616 bits per heavy atom. The molecule has 32 heteroatoms. The molecule has 5 aromatic carbocycles. The summed E-state index contributed by atoms with van der Waals surface area (Å²) in [5.41, 5.74) is 15.2. The van der Waals surface area contributed by atoms with E-state index in [1.54, 1.807) is 80.0 Å². The van der Waals surface area contributed by atoms with Crippen molar-refractivity contribution in [2.24, 2.45) is 0 Å². The van der Waals surface area contributed by atoms with Crippen LogP contribution in [-0.2, 0) is 9.59 Å². The van der Waals surface area contributed by atoms with Crippen LogP contribution in [0, 0.1) is 7.40 Å². The van der Waals surface area contributed by atoms with Crippen LogP contribution in [0.1, 0.15) is 31.1 Å². The normalized spacial score (nSPS) is 14.0. The highest BCUT2D eigenvalue weighted by Gasteiger charge is 2.24. The van der Waals surface area contributed by atoms with Crippen LogP contribution in [0.25, 0.3) is 84.5 Å². The summed E-state index contributed by atoms with van der Waals surface area (Å²) in [6, 6.07) is 37.3. The van der Waals surface area contributed by atoms with Crippen LogP contribution in [0.4, 0.5) is 0 Å². The fourth-order valence-electron chi connectivity index (χ4n) is 12.5. The Morgan fingerprint density at radius 1 is 0.339 bits per heavy atom. The second-order valence-electron chi connectivity index (χ2n) is 26.3. The molecular weight excluding hydrogens is 1780 g/mol. The number of hydrogen-bond acceptors (Lipinski definition) is 20. The Kier molecular flexibility index (Phi) is 24.9. The van der Waals surface area contributed by atoms with Gasteiger partial charge in [0.15, 0.2) is 28.2 Å². The maximum Gasteiger partial charge on any atom is 0.298 e. The summed E-state index contributed by atoms with van der Waals surface area (Å²) >= 11 is 11.4. The summed E-state index contributed by atoms with van der Waals surface area (Å²) in [6.45, 7) is 11.1. The van der Waals surface area contributed by atoms with E-state index in [2.05, 4.69) is 163 Å². The summed E-state index contributed by atoms with van der Waals surface area (Å²) in [4.78, 5) is 114. The van der Waals surface area contributed by atoms with Crippen LogP contribution in [0.2, 0.25) is 0 Å². The number of amides is 3. The van der Waals surface area contributed by atoms with Gasteiger partial charge in [-0.1, -0.05) is 36.4 Å². The van der Waals surface area contributed by atoms with Gasteiger partial charge in [-0.25, -0.2) is 24.9 Å². The zero-order chi connectivity index (χ0) is 77.8. The molecule has 15 aromatic rings. The first-order chi connectivity index (χ1) is 54.5. The van der Waals surface area contributed by atoms with E-state index in [0.717, 1.165) is 196 Å². The van der Waals surface area contributed by atoms with Crippen LogP contribution in [0.5, 0.6) is 11.5 Å². The number of aromatic nitrogens is 15. The number of carbonyl (C=O) groups excluding carboxylic acids is 5. The Morgan fingerprint density at radius 3 is 0.938 bits per heavy atom. The van der Waals surface area contributed by atoms with E-state index in [-0.39, 0.29) is 17.7 Å². The van der Waals surface area contributed by atoms with Gasteiger partial charge >= 0.3 is 0 Å². The minimum Gasteiger partial charge on any atom is -0.429 e. The minimum atomic E-state index is 0.0976. The topological polar surface area (TPSA) is 274 Å². The van der Waals surface area contributed by atoms with E-state index in [0.29, 0.717) is 24.4 Å². The lowest BCUT2D eigenvalue weighted by Gasteiger charge is -2.32. The molecule has 0 radical (unpaired) electrons. The number of halogens is 4. The second-order valence-corrected chi connectivity index (χ2v) is 30.1. The zero-order valence-electron chi connectivity index (χ0n) is 60.7. The van der Waals surface area contributed by atoms with E-state index < -0.39 is 0 Å². The number of benzene rings is 5. The molecule has 3 aliphatic heterocycles. The van der Waals surface area contributed by atoms with Gasteiger partial charge in [0.2, 0.25) is 0 Å². The average molecular weight is 1850 g/mol. The fraction of sp³-hybridized carbons (Fsp3) is 0.188. The Bertz CT molecular complexity index is 5540. The van der Waals surface area contributed by atoms with Crippen LogP contribution in [0.3, 0.4) is 0 Å². The highest BCUT2D eigenvalue weighted by molar-refractivity contribution is 14.1. The van der Waals surface area contributed by atoms with Gasteiger partial charge in [0.05, 0.1) is 84.2 Å². The molecule has 0 N–H and O–H groups in total. The first-order valence-electron chi connectivity index (χ1n) is 35.4. The molecule has 13 heterocycles. The van der Waals surface area contributed by atoms with E-state index in [1.807, 2.05) is 177 Å². The molecule has 18 rings (SSSR count). The lowest BCUT2D eigenvalue weighted by atomic mass is 10.1. The highest BCUT2D eigenvalue weighted by Crippen LogP contribution is 2.28. The number of hydrogen-bond donors (Lipinski definition) is 0. The standard InChI is InChI=1S/C18H18BrN5O.C18H18IN5O.C18H19N5O.C13H8BrN3O2.C13H8IN3O2/c2*1-22-6-8-23(9-7-22)18(25)14-4-2-13(3-5-14)15-12-24-16(19)10-21-17(24)11-20-15;1-21-8-10-22(11-9-21)18(24)15-4-2-14(3-5-15)16-13-23-7-6-19-17(23)12-20-16;2*14-12-5-16-13-6-15-11(7-17(12)13)9-1-3-10(4-2-9)19-8-18/h2*2-5,10-12H,6-9H2,1H3;2-7,12-13H,8-11H2,1H3;2*1-8H. The highest BCUT2D eigenvalue weighted by atomic mass is 127. The Balaban J connectivity index is 0.000000117. The molecule has 0 spiro atoms. The SMILES string of the molecule is CN1CCN(C(=O)c2ccc(-c3cn4c(Br)cnc4cn3)cc2)CC1.CN1CCN(C(=O)c2ccc(-c3cn4c(I)cnc4cn3)cc2)CC1.CN1CCN(C(=O)c2ccc(-c3cn4ccnc4cn3)cc2)CC1.O=COc1ccc(-c2cn3c(Br)cnc3cn2)cc1.O=COc1ccc(-c2cn3c(I)cnc3cn2)cc1. The molecule has 0 unspecified atom stereocenters. The monoisotopic (exact) mass is 1850 g/mol. The molecule has 0 bridgehead atoms. The third-order valence-electron chi connectivity index (χ3n) is 19.0. The molecular formula is C80H71Br2I2N21O7. The Hall–Kier alpha value is -11.2. The third-order valence-corrected chi connectivity index (χ3v) is 21.8. The van der Waals surface area contributed by atoms with Crippen molar-refractivity contribution < 1.29 is 33.4 Å². The lowest BCUT2D eigenvalue weighted by molar-refractivity contribution is -0.121. The number of likely N-dealkylation sites (N-methyl/N-ethyl adjacent to an activating group) is 3. The number of ether oxygens (including phenoxy) is 2. The van der Waals surface area contributed by atoms with Gasteiger partial charge in [-0.2, -0.15) is 0 Å². The predicted molar refractivity (Wildman–Crippen MR) is 447 cm³/mol. The van der Waals surface area contributed by atoms with Crippen LogP contribution in [0.15, 0.2) is 230 Å². The van der Waals surface area contributed by atoms with Crippen LogP contribution in [-0.4, -0.2) is 232 Å². The number of carbonyl (C=O) groups is 5. The number of imidazole rings is 5. The lowest BCUT2D eigenvalue weighted by Crippen LogP contribution is -2.47. The second kappa shape index (κ2) is 35.9. The first kappa shape index (κ1) is 77.6. The molecule has 10 aromatic heterocycles. The van der Waals surface area contributed by atoms with E-state index in [9.17, 15) is 24.0 Å². The average Bonchev–Trinajstić information content (AvgIpc) is 1.59. The van der Waals surface area contributed by atoms with E-state index in [4.69, 9.17) is 9.47 Å². The number of piperazine rings is 3. The number of nitrogens with zero attached hydrogens (tertiary/aromatic N) is 21. The van der Waals surface area contributed by atoms with Gasteiger partial charge in [-0.15, -0.1) is 0 Å². The zero-order valence-corrected chi connectivity index (χ0v) is 68.2. The van der Waals surface area contributed by atoms with Gasteiger partial charge < -0.3 is 43.3 Å². The van der Waals surface area contributed by atoms with Crippen molar-refractivity contribution in [2.75, 3.05) is 99.7 Å². The van der Waals surface area contributed by atoms with Crippen molar-refractivity contribution in [2.45, 2.75) is 0 Å². The molecule has 3 saturated heterocycles. The van der Waals surface area contributed by atoms with E-state index >= 15 is 0 Å². The van der Waals surface area contributed by atoms with Crippen molar-refractivity contribution >= 4 is 136 Å². The molecule has 112 heavy (non-hydrogen) atoms. The summed E-state index contributed by atoms with van der Waals surface area (Å²) in [6.07, 6.45) is 29.1. The number of rotatable bonds is 12. The van der Waals surface area contributed by atoms with Gasteiger partial charge in [-0.3, -0.25) is 66.5 Å². The van der Waals surface area contributed by atoms with Crippen molar-refractivity contribution in [1.29, 1.82) is 0 Å². The summed E-state index contributed by atoms with van der Waals surface area (Å²) < 4.78 is 23.1. The van der Waals surface area contributed by atoms with Gasteiger partial charge in [0.1, 0.15) is 28.1 Å². The molecule has 3 aliphatic rings. The van der Waals surface area contributed by atoms with Crippen molar-refractivity contribution in [3.63, 3.8) is 0 Å². The van der Waals surface area contributed by atoms with Crippen molar-refractivity contribution in [1.82, 2.24) is 101 Å². The minimum absolute atomic E-state index is 0.0976. The summed E-state index contributed by atoms with van der Waals surface area (Å²) in [5, 5.41) is 0. The summed E-state index contributed by atoms with van der Waals surface area (Å²) in [7, 11) is 6.25. The molecule has 0 saturated carbocycles. The quantitative estimate of drug-likeness (QED) is 0.0812. The van der Waals surface area contributed by atoms with Crippen molar-refractivity contribution in [3.8, 4) is 67.8 Å². The smallest absolute Gasteiger partial charge is 0.298 e. The molecule has 0 aliphatic carbocycles. The number of fused-ring (bicyclic) bond motifs is 5. The largest absolute Gasteiger partial charge is 0.429 e. The predicted octanol–water partition coefficient (Wildman–Crippen LogP) is 11.9. The van der Waals surface area contributed by atoms with Gasteiger partial charge in [0.25, 0.3) is 30.7 Å².